The minimum atomic E-state index is -0.826. The van der Waals surface area contributed by atoms with Crippen LogP contribution in [-0.2, 0) is 28.6 Å². The van der Waals surface area contributed by atoms with Gasteiger partial charge in [0.05, 0.1) is 0 Å². The molecule has 0 fully saturated rings. The Morgan fingerprint density at radius 3 is 0.985 bits per heavy atom. The van der Waals surface area contributed by atoms with E-state index in [1.165, 1.54) is 173 Å². The predicted molar refractivity (Wildman–Crippen MR) is 288 cm³/mol. The van der Waals surface area contributed by atoms with Gasteiger partial charge in [-0.1, -0.05) is 235 Å². The van der Waals surface area contributed by atoms with Crippen molar-refractivity contribution in [2.45, 2.75) is 284 Å². The average Bonchev–Trinajstić information content (AvgIpc) is 3.33. The van der Waals surface area contributed by atoms with Crippen molar-refractivity contribution < 1.29 is 28.6 Å². The first-order chi connectivity index (χ1) is 33.0. The lowest BCUT2D eigenvalue weighted by atomic mass is 10.1. The molecule has 0 saturated carbocycles. The molecule has 0 aliphatic rings. The molecule has 386 valence electrons. The van der Waals surface area contributed by atoms with Gasteiger partial charge in [-0.15, -0.1) is 0 Å². The van der Waals surface area contributed by atoms with E-state index < -0.39 is 6.10 Å². The zero-order valence-electron chi connectivity index (χ0n) is 44.2. The van der Waals surface area contributed by atoms with Crippen molar-refractivity contribution in [3.63, 3.8) is 0 Å². The van der Waals surface area contributed by atoms with Crippen molar-refractivity contribution >= 4 is 17.9 Å². The highest BCUT2D eigenvalue weighted by Crippen LogP contribution is 2.14. The molecule has 0 rings (SSSR count). The summed E-state index contributed by atoms with van der Waals surface area (Å²) in [7, 11) is 0. The van der Waals surface area contributed by atoms with Gasteiger partial charge in [0.1, 0.15) is 13.2 Å². The fourth-order valence-electron chi connectivity index (χ4n) is 7.86. The van der Waals surface area contributed by atoms with Gasteiger partial charge < -0.3 is 14.2 Å². The van der Waals surface area contributed by atoms with Gasteiger partial charge in [0.25, 0.3) is 0 Å². The second kappa shape index (κ2) is 55.4. The van der Waals surface area contributed by atoms with Crippen molar-refractivity contribution in [3.05, 3.63) is 72.9 Å². The molecule has 0 aromatic heterocycles. The predicted octanol–water partition coefficient (Wildman–Crippen LogP) is 19.0. The molecule has 0 bridgehead atoms. The van der Waals surface area contributed by atoms with Gasteiger partial charge in [0.15, 0.2) is 6.10 Å². The van der Waals surface area contributed by atoms with E-state index in [0.717, 1.165) is 51.4 Å². The molecule has 67 heavy (non-hydrogen) atoms. The van der Waals surface area contributed by atoms with Crippen LogP contribution in [0.2, 0.25) is 0 Å². The van der Waals surface area contributed by atoms with Crippen LogP contribution in [0.5, 0.6) is 0 Å². The minimum absolute atomic E-state index is 0.114. The summed E-state index contributed by atoms with van der Waals surface area (Å²) in [5.74, 6) is -1.04. The Kier molecular flexibility index (Phi) is 52.8. The van der Waals surface area contributed by atoms with Crippen molar-refractivity contribution in [1.29, 1.82) is 0 Å². The molecule has 6 nitrogen and oxygen atoms in total. The number of unbranched alkanes of at least 4 members (excludes halogenated alkanes) is 28. The second-order valence-corrected chi connectivity index (χ2v) is 18.8. The number of carbonyl (C=O) groups is 3. The molecule has 1 unspecified atom stereocenters. The first kappa shape index (κ1) is 63.8. The molecule has 6 heteroatoms. The average molecular weight is 936 g/mol. The van der Waals surface area contributed by atoms with Gasteiger partial charge in [0.2, 0.25) is 0 Å². The van der Waals surface area contributed by atoms with Crippen LogP contribution in [0.15, 0.2) is 72.9 Å². The Balaban J connectivity index is 4.48. The number of esters is 3. The Hall–Kier alpha value is -3.15. The van der Waals surface area contributed by atoms with Crippen LogP contribution in [0.4, 0.5) is 0 Å². The summed E-state index contributed by atoms with van der Waals surface area (Å²) < 4.78 is 16.7. The summed E-state index contributed by atoms with van der Waals surface area (Å²) in [6.07, 6.45) is 70.6. The van der Waals surface area contributed by atoms with Crippen LogP contribution in [0.1, 0.15) is 278 Å². The molecule has 0 aliphatic heterocycles. The molecule has 1 atom stereocenters. The summed E-state index contributed by atoms with van der Waals surface area (Å²) in [5, 5.41) is 0. The van der Waals surface area contributed by atoms with E-state index in [2.05, 4.69) is 87.6 Å². The number of allylic oxidation sites excluding steroid dienone is 12. The third kappa shape index (κ3) is 53.7. The highest BCUT2D eigenvalue weighted by molar-refractivity contribution is 5.71. The standard InChI is InChI=1S/C61H106O6/c1-4-7-10-13-16-19-22-25-27-29-30-32-33-36-39-42-45-48-51-54-60(63)66-57-58(56-65-59(62)53-50-47-44-41-38-35-24-21-18-15-12-9-6-3)67-61(64)55-52-49-46-43-40-37-34-31-28-26-23-20-17-14-11-8-5-2/h26,28-30,34-35,37-38,43-44,46-47,58H,4-25,27,31-33,36,39-42,45,48-57H2,1-3H3/b28-26+,30-29+,37-34+,38-35+,46-43+,47-44+. The summed E-state index contributed by atoms with van der Waals surface area (Å²) in [6.45, 7) is 6.54. The van der Waals surface area contributed by atoms with Crippen LogP contribution in [-0.4, -0.2) is 37.2 Å². The van der Waals surface area contributed by atoms with E-state index in [-0.39, 0.29) is 44.0 Å². The lowest BCUT2D eigenvalue weighted by Gasteiger charge is -2.18. The summed E-state index contributed by atoms with van der Waals surface area (Å²) in [5.41, 5.74) is 0. The van der Waals surface area contributed by atoms with Gasteiger partial charge >= 0.3 is 17.9 Å². The lowest BCUT2D eigenvalue weighted by molar-refractivity contribution is -0.166. The lowest BCUT2D eigenvalue weighted by Crippen LogP contribution is -2.30. The third-order valence-electron chi connectivity index (χ3n) is 12.2. The topological polar surface area (TPSA) is 78.9 Å². The highest BCUT2D eigenvalue weighted by Gasteiger charge is 2.19. The molecule has 0 saturated heterocycles. The fraction of sp³-hybridized carbons (Fsp3) is 0.754. The number of hydrogen-bond acceptors (Lipinski definition) is 6. The normalized spacial score (nSPS) is 12.6. The largest absolute Gasteiger partial charge is 0.462 e. The molecule has 0 amide bonds. The monoisotopic (exact) mass is 935 g/mol. The van der Waals surface area contributed by atoms with E-state index in [0.29, 0.717) is 19.3 Å². The van der Waals surface area contributed by atoms with Gasteiger partial charge in [-0.3, -0.25) is 14.4 Å². The minimum Gasteiger partial charge on any atom is -0.462 e. The van der Waals surface area contributed by atoms with Gasteiger partial charge in [-0.25, -0.2) is 0 Å². The van der Waals surface area contributed by atoms with E-state index in [9.17, 15) is 14.4 Å². The van der Waals surface area contributed by atoms with Crippen LogP contribution >= 0.6 is 0 Å². The fourth-order valence-corrected chi connectivity index (χ4v) is 7.86. The summed E-state index contributed by atoms with van der Waals surface area (Å²) in [4.78, 5) is 38.0. The molecule has 0 heterocycles. The number of hydrogen-bond donors (Lipinski definition) is 0. The van der Waals surface area contributed by atoms with Crippen molar-refractivity contribution in [1.82, 2.24) is 0 Å². The van der Waals surface area contributed by atoms with Crippen LogP contribution in [0.25, 0.3) is 0 Å². The molecule has 0 N–H and O–H groups in total. The second-order valence-electron chi connectivity index (χ2n) is 18.8. The maximum atomic E-state index is 12.8. The zero-order valence-corrected chi connectivity index (χ0v) is 44.2. The first-order valence-electron chi connectivity index (χ1n) is 28.4. The van der Waals surface area contributed by atoms with Gasteiger partial charge in [0, 0.05) is 19.3 Å². The smallest absolute Gasteiger partial charge is 0.306 e. The molecule has 0 aromatic carbocycles. The molecule has 0 aliphatic carbocycles. The molecule has 0 aromatic rings. The van der Waals surface area contributed by atoms with Gasteiger partial charge in [-0.2, -0.15) is 0 Å². The van der Waals surface area contributed by atoms with Crippen molar-refractivity contribution in [2.75, 3.05) is 13.2 Å². The highest BCUT2D eigenvalue weighted by atomic mass is 16.6. The van der Waals surface area contributed by atoms with E-state index in [4.69, 9.17) is 14.2 Å². The SMILES string of the molecule is CCCCCCCC/C=C/C/C=C/C/C=C/CCCC(=O)OC(COC(=O)CC/C=C/C/C=C/CCCCCCCC)COC(=O)CCCCCCCCC/C=C/CCCCCCCCCC. The Morgan fingerprint density at radius 1 is 0.299 bits per heavy atom. The first-order valence-corrected chi connectivity index (χ1v) is 28.4. The third-order valence-corrected chi connectivity index (χ3v) is 12.2. The molecular weight excluding hydrogens is 829 g/mol. The Morgan fingerprint density at radius 2 is 0.582 bits per heavy atom. The van der Waals surface area contributed by atoms with Crippen LogP contribution < -0.4 is 0 Å². The summed E-state index contributed by atoms with van der Waals surface area (Å²) >= 11 is 0. The Bertz CT molecular complexity index is 1260. The maximum Gasteiger partial charge on any atom is 0.306 e. The van der Waals surface area contributed by atoms with Crippen molar-refractivity contribution in [3.8, 4) is 0 Å². The number of rotatable bonds is 51. The van der Waals surface area contributed by atoms with E-state index >= 15 is 0 Å². The van der Waals surface area contributed by atoms with E-state index in [1.54, 1.807) is 0 Å². The summed E-state index contributed by atoms with van der Waals surface area (Å²) in [6, 6.07) is 0. The number of ether oxygens (including phenoxy) is 3. The van der Waals surface area contributed by atoms with Crippen molar-refractivity contribution in [2.24, 2.45) is 0 Å². The zero-order chi connectivity index (χ0) is 48.6. The van der Waals surface area contributed by atoms with Crippen LogP contribution in [0.3, 0.4) is 0 Å². The quantitative estimate of drug-likeness (QED) is 0.0262. The molecule has 0 radical (unpaired) electrons. The molecular formula is C61H106O6. The maximum absolute atomic E-state index is 12.8. The number of carbonyl (C=O) groups excluding carboxylic acids is 3. The molecule has 0 spiro atoms. The Labute approximate surface area is 414 Å². The van der Waals surface area contributed by atoms with Gasteiger partial charge in [-0.05, 0) is 96.3 Å². The van der Waals surface area contributed by atoms with Crippen LogP contribution in [0, 0.1) is 0 Å². The van der Waals surface area contributed by atoms with E-state index in [1.807, 2.05) is 6.08 Å².